The zero-order valence-corrected chi connectivity index (χ0v) is 10.9. The smallest absolute Gasteiger partial charge is 0.159 e. The minimum atomic E-state index is 0.193. The highest BCUT2D eigenvalue weighted by molar-refractivity contribution is 5.54. The number of benzene rings is 1. The fourth-order valence-electron chi connectivity index (χ4n) is 1.76. The Morgan fingerprint density at radius 2 is 1.72 bits per heavy atom. The van der Waals surface area contributed by atoms with Gasteiger partial charge in [0.1, 0.15) is 0 Å². The van der Waals surface area contributed by atoms with E-state index in [1.54, 1.807) is 0 Å². The molecule has 0 spiro atoms. The van der Waals surface area contributed by atoms with Crippen molar-refractivity contribution in [3.05, 3.63) is 47.8 Å². The molecule has 0 saturated carbocycles. The van der Waals surface area contributed by atoms with Crippen LogP contribution in [0.1, 0.15) is 24.5 Å². The first kappa shape index (κ1) is 12.7. The highest BCUT2D eigenvalue weighted by atomic mass is 14.9. The molecular weight excluding hydrogens is 222 g/mol. The quantitative estimate of drug-likeness (QED) is 0.895. The Labute approximate surface area is 108 Å². The topological polar surface area (TPSA) is 51.8 Å². The van der Waals surface area contributed by atoms with Crippen LogP contribution < -0.4 is 5.73 Å². The second-order valence-electron chi connectivity index (χ2n) is 4.65. The van der Waals surface area contributed by atoms with Crippen molar-refractivity contribution in [1.82, 2.24) is 9.97 Å². The first-order valence-electron chi connectivity index (χ1n) is 6.32. The molecule has 94 valence electrons. The fourth-order valence-corrected chi connectivity index (χ4v) is 1.76. The van der Waals surface area contributed by atoms with Crippen LogP contribution in [0.2, 0.25) is 0 Å². The molecule has 1 heterocycles. The number of aromatic nitrogens is 2. The zero-order chi connectivity index (χ0) is 13.0. The number of aryl methyl sites for hydroxylation is 1. The Kier molecular flexibility index (Phi) is 4.05. The number of nitrogens with two attached hydrogens (primary N) is 1. The molecule has 0 aliphatic carbocycles. The van der Waals surface area contributed by atoms with E-state index in [1.165, 1.54) is 5.56 Å². The maximum absolute atomic E-state index is 5.92. The Morgan fingerprint density at radius 3 is 2.28 bits per heavy atom. The monoisotopic (exact) mass is 241 g/mol. The van der Waals surface area contributed by atoms with Crippen LogP contribution >= 0.6 is 0 Å². The van der Waals surface area contributed by atoms with Crippen molar-refractivity contribution in [2.45, 2.75) is 32.7 Å². The third-order valence-corrected chi connectivity index (χ3v) is 3.04. The predicted molar refractivity (Wildman–Crippen MR) is 74.2 cm³/mol. The van der Waals surface area contributed by atoms with Crippen LogP contribution in [-0.4, -0.2) is 16.0 Å². The van der Waals surface area contributed by atoms with Crippen molar-refractivity contribution in [3.63, 3.8) is 0 Å². The Balaban J connectivity index is 2.14. The van der Waals surface area contributed by atoms with E-state index >= 15 is 0 Å². The van der Waals surface area contributed by atoms with Gasteiger partial charge in [-0.2, -0.15) is 0 Å². The van der Waals surface area contributed by atoms with Crippen LogP contribution in [0.25, 0.3) is 11.4 Å². The molecule has 2 N–H and O–H groups in total. The molecule has 2 rings (SSSR count). The standard InChI is InChI=1S/C15H19N3/c1-3-14(16)8-12-9-17-15(18-10-12)13-6-4-11(2)5-7-13/h4-7,9-10,14H,3,8,16H2,1-2H3. The Hall–Kier alpha value is -1.74. The van der Waals surface area contributed by atoms with Crippen molar-refractivity contribution in [1.29, 1.82) is 0 Å². The maximum atomic E-state index is 5.92. The number of hydrogen-bond acceptors (Lipinski definition) is 3. The SMILES string of the molecule is CCC(N)Cc1cnc(-c2ccc(C)cc2)nc1. The van der Waals surface area contributed by atoms with Gasteiger partial charge in [-0.3, -0.25) is 0 Å². The largest absolute Gasteiger partial charge is 0.327 e. The Morgan fingerprint density at radius 1 is 1.11 bits per heavy atom. The van der Waals surface area contributed by atoms with Crippen LogP contribution in [0.5, 0.6) is 0 Å². The molecule has 0 fully saturated rings. The van der Waals surface area contributed by atoms with Gasteiger partial charge in [-0.1, -0.05) is 36.8 Å². The minimum absolute atomic E-state index is 0.193. The van der Waals surface area contributed by atoms with Crippen LogP contribution in [0, 0.1) is 6.92 Å². The molecule has 0 amide bonds. The van der Waals surface area contributed by atoms with Crippen molar-refractivity contribution < 1.29 is 0 Å². The normalized spacial score (nSPS) is 12.4. The average molecular weight is 241 g/mol. The van der Waals surface area contributed by atoms with E-state index in [1.807, 2.05) is 24.5 Å². The van der Waals surface area contributed by atoms with E-state index in [-0.39, 0.29) is 6.04 Å². The summed E-state index contributed by atoms with van der Waals surface area (Å²) in [6.45, 7) is 4.16. The lowest BCUT2D eigenvalue weighted by Gasteiger charge is -2.08. The molecule has 1 aromatic heterocycles. The van der Waals surface area contributed by atoms with E-state index in [4.69, 9.17) is 5.73 Å². The molecule has 3 nitrogen and oxygen atoms in total. The summed E-state index contributed by atoms with van der Waals surface area (Å²) in [6, 6.07) is 8.42. The first-order chi connectivity index (χ1) is 8.69. The van der Waals surface area contributed by atoms with Crippen LogP contribution in [-0.2, 0) is 6.42 Å². The third kappa shape index (κ3) is 3.14. The summed E-state index contributed by atoms with van der Waals surface area (Å²) >= 11 is 0. The lowest BCUT2D eigenvalue weighted by atomic mass is 10.1. The molecular formula is C15H19N3. The van der Waals surface area contributed by atoms with Crippen molar-refractivity contribution in [2.24, 2.45) is 5.73 Å². The van der Waals surface area contributed by atoms with E-state index in [9.17, 15) is 0 Å². The zero-order valence-electron chi connectivity index (χ0n) is 10.9. The molecule has 18 heavy (non-hydrogen) atoms. The lowest BCUT2D eigenvalue weighted by Crippen LogP contribution is -2.21. The van der Waals surface area contributed by atoms with Gasteiger partial charge in [0.2, 0.25) is 0 Å². The summed E-state index contributed by atoms with van der Waals surface area (Å²) in [6.07, 6.45) is 5.56. The molecule has 0 bridgehead atoms. The van der Waals surface area contributed by atoms with Crippen molar-refractivity contribution in [2.75, 3.05) is 0 Å². The van der Waals surface area contributed by atoms with E-state index in [2.05, 4.69) is 35.9 Å². The van der Waals surface area contributed by atoms with E-state index in [0.717, 1.165) is 29.8 Å². The average Bonchev–Trinajstić information content (AvgIpc) is 2.40. The molecule has 0 radical (unpaired) electrons. The van der Waals surface area contributed by atoms with Crippen molar-refractivity contribution >= 4 is 0 Å². The van der Waals surface area contributed by atoms with Gasteiger partial charge < -0.3 is 5.73 Å². The van der Waals surface area contributed by atoms with E-state index in [0.29, 0.717) is 0 Å². The molecule has 0 saturated heterocycles. The van der Waals surface area contributed by atoms with Crippen LogP contribution in [0.15, 0.2) is 36.7 Å². The molecule has 3 heteroatoms. The van der Waals surface area contributed by atoms with Gasteiger partial charge in [-0.15, -0.1) is 0 Å². The highest BCUT2D eigenvalue weighted by Gasteiger charge is 2.04. The second-order valence-corrected chi connectivity index (χ2v) is 4.65. The maximum Gasteiger partial charge on any atom is 0.159 e. The molecule has 1 unspecified atom stereocenters. The molecule has 1 atom stereocenters. The van der Waals surface area contributed by atoms with Gasteiger partial charge >= 0.3 is 0 Å². The first-order valence-corrected chi connectivity index (χ1v) is 6.32. The number of rotatable bonds is 4. The van der Waals surface area contributed by atoms with Gasteiger partial charge in [0, 0.05) is 24.0 Å². The third-order valence-electron chi connectivity index (χ3n) is 3.04. The minimum Gasteiger partial charge on any atom is -0.327 e. The number of nitrogens with zero attached hydrogens (tertiary/aromatic N) is 2. The summed E-state index contributed by atoms with van der Waals surface area (Å²) in [5.74, 6) is 0.767. The van der Waals surface area contributed by atoms with Gasteiger partial charge in [0.05, 0.1) is 0 Å². The van der Waals surface area contributed by atoms with Gasteiger partial charge in [-0.05, 0) is 25.3 Å². The molecule has 0 aliphatic rings. The van der Waals surface area contributed by atoms with Crippen LogP contribution in [0.4, 0.5) is 0 Å². The molecule has 2 aromatic rings. The Bertz CT molecular complexity index is 488. The fraction of sp³-hybridized carbons (Fsp3) is 0.333. The summed E-state index contributed by atoms with van der Waals surface area (Å²) in [7, 11) is 0. The van der Waals surface area contributed by atoms with Gasteiger partial charge in [0.15, 0.2) is 5.82 Å². The van der Waals surface area contributed by atoms with Gasteiger partial charge in [-0.25, -0.2) is 9.97 Å². The van der Waals surface area contributed by atoms with E-state index < -0.39 is 0 Å². The summed E-state index contributed by atoms with van der Waals surface area (Å²) in [4.78, 5) is 8.80. The van der Waals surface area contributed by atoms with Crippen molar-refractivity contribution in [3.8, 4) is 11.4 Å². The highest BCUT2D eigenvalue weighted by Crippen LogP contribution is 2.15. The lowest BCUT2D eigenvalue weighted by molar-refractivity contribution is 0.643. The second kappa shape index (κ2) is 5.74. The predicted octanol–water partition coefficient (Wildman–Crippen LogP) is 2.73. The summed E-state index contributed by atoms with van der Waals surface area (Å²) in [5.41, 5.74) is 9.30. The van der Waals surface area contributed by atoms with Crippen LogP contribution in [0.3, 0.4) is 0 Å². The molecule has 1 aromatic carbocycles. The summed E-state index contributed by atoms with van der Waals surface area (Å²) < 4.78 is 0. The summed E-state index contributed by atoms with van der Waals surface area (Å²) in [5, 5.41) is 0. The molecule has 0 aliphatic heterocycles. The van der Waals surface area contributed by atoms with Gasteiger partial charge in [0.25, 0.3) is 0 Å². The number of hydrogen-bond donors (Lipinski definition) is 1.